The third-order valence-corrected chi connectivity index (χ3v) is 4.40. The molecule has 0 atom stereocenters. The Kier molecular flexibility index (Phi) is 5.57. The number of benzene rings is 2. The van der Waals surface area contributed by atoms with E-state index < -0.39 is 24.0 Å². The van der Waals surface area contributed by atoms with E-state index in [0.29, 0.717) is 22.7 Å². The Balaban J connectivity index is 1.44. The maximum absolute atomic E-state index is 13.4. The Bertz CT molecular complexity index is 1290. The monoisotopic (exact) mass is 465 g/mol. The van der Waals surface area contributed by atoms with Crippen molar-refractivity contribution in [3.8, 4) is 17.1 Å². The molecule has 2 amide bonds. The number of amides is 2. The molecule has 0 unspecified atom stereocenters. The summed E-state index contributed by atoms with van der Waals surface area (Å²) >= 11 is 5.80. The van der Waals surface area contributed by atoms with Gasteiger partial charge in [0.2, 0.25) is 0 Å². The van der Waals surface area contributed by atoms with E-state index in [9.17, 15) is 22.4 Å². The van der Waals surface area contributed by atoms with Crippen LogP contribution >= 0.6 is 11.6 Å². The second-order valence-corrected chi connectivity index (χ2v) is 6.84. The van der Waals surface area contributed by atoms with Gasteiger partial charge in [-0.25, -0.2) is 18.7 Å². The van der Waals surface area contributed by atoms with Crippen LogP contribution in [0.1, 0.15) is 0 Å². The van der Waals surface area contributed by atoms with Crippen LogP contribution in [0.5, 0.6) is 5.75 Å². The van der Waals surface area contributed by atoms with E-state index in [0.717, 1.165) is 12.1 Å². The number of pyridine rings is 1. The highest BCUT2D eigenvalue weighted by atomic mass is 35.5. The summed E-state index contributed by atoms with van der Waals surface area (Å²) in [6.45, 7) is 0. The van der Waals surface area contributed by atoms with Gasteiger partial charge in [0.15, 0.2) is 11.5 Å². The van der Waals surface area contributed by atoms with Gasteiger partial charge < -0.3 is 15.4 Å². The summed E-state index contributed by atoms with van der Waals surface area (Å²) in [6, 6.07) is 11.4. The largest absolute Gasteiger partial charge is 0.573 e. The van der Waals surface area contributed by atoms with E-state index in [1.807, 2.05) is 0 Å². The summed E-state index contributed by atoms with van der Waals surface area (Å²) in [5.74, 6) is -0.646. The number of anilines is 2. The van der Waals surface area contributed by atoms with Gasteiger partial charge in [-0.3, -0.25) is 0 Å². The van der Waals surface area contributed by atoms with Crippen molar-refractivity contribution in [3.05, 3.63) is 71.6 Å². The van der Waals surface area contributed by atoms with Crippen molar-refractivity contribution in [3.63, 3.8) is 0 Å². The van der Waals surface area contributed by atoms with Crippen molar-refractivity contribution in [2.45, 2.75) is 6.36 Å². The van der Waals surface area contributed by atoms with Crippen LogP contribution in [0.4, 0.5) is 33.7 Å². The minimum atomic E-state index is -4.80. The quantitative estimate of drug-likeness (QED) is 0.377. The SMILES string of the molecule is O=C(Nc1ccc(OC(F)(F)F)cc1)Nc1ccc2nc(-c3ccc(F)c(Cl)c3)nn2c1. The zero-order valence-electron chi connectivity index (χ0n) is 15.8. The number of carbonyl (C=O) groups is 1. The number of aromatic nitrogens is 3. The first-order chi connectivity index (χ1) is 15.2. The van der Waals surface area contributed by atoms with Gasteiger partial charge in [-0.15, -0.1) is 18.3 Å². The summed E-state index contributed by atoms with van der Waals surface area (Å²) in [6.07, 6.45) is -3.29. The summed E-state index contributed by atoms with van der Waals surface area (Å²) < 4.78 is 55.2. The number of fused-ring (bicyclic) bond motifs is 1. The van der Waals surface area contributed by atoms with Gasteiger partial charge in [0.25, 0.3) is 0 Å². The van der Waals surface area contributed by atoms with Gasteiger partial charge in [-0.2, -0.15) is 0 Å². The first-order valence-electron chi connectivity index (χ1n) is 8.92. The number of hydrogen-bond donors (Lipinski definition) is 2. The molecular weight excluding hydrogens is 454 g/mol. The Morgan fingerprint density at radius 1 is 1.00 bits per heavy atom. The van der Waals surface area contributed by atoms with E-state index in [1.54, 1.807) is 12.1 Å². The number of rotatable bonds is 4. The number of carbonyl (C=O) groups excluding carboxylic acids is 1. The van der Waals surface area contributed by atoms with Crippen LogP contribution in [0.25, 0.3) is 17.0 Å². The molecule has 7 nitrogen and oxygen atoms in total. The molecule has 0 aliphatic carbocycles. The van der Waals surface area contributed by atoms with E-state index in [2.05, 4.69) is 25.5 Å². The van der Waals surface area contributed by atoms with Crippen molar-refractivity contribution < 1.29 is 27.1 Å². The summed E-state index contributed by atoms with van der Waals surface area (Å²) in [4.78, 5) is 16.5. The molecule has 2 aromatic heterocycles. The zero-order chi connectivity index (χ0) is 22.9. The van der Waals surface area contributed by atoms with E-state index in [4.69, 9.17) is 11.6 Å². The summed E-state index contributed by atoms with van der Waals surface area (Å²) in [5, 5.41) is 9.30. The first kappa shape index (κ1) is 21.4. The van der Waals surface area contributed by atoms with Crippen LogP contribution in [-0.4, -0.2) is 27.0 Å². The van der Waals surface area contributed by atoms with Crippen molar-refractivity contribution in [1.82, 2.24) is 14.6 Å². The molecule has 2 heterocycles. The fraction of sp³-hybridized carbons (Fsp3) is 0.0500. The molecule has 0 aliphatic heterocycles. The highest BCUT2D eigenvalue weighted by molar-refractivity contribution is 6.31. The van der Waals surface area contributed by atoms with Gasteiger partial charge in [0, 0.05) is 11.3 Å². The molecule has 0 bridgehead atoms. The van der Waals surface area contributed by atoms with Crippen LogP contribution in [0.3, 0.4) is 0 Å². The summed E-state index contributed by atoms with van der Waals surface area (Å²) in [5.41, 5.74) is 1.63. The Hall–Kier alpha value is -3.86. The minimum Gasteiger partial charge on any atom is -0.406 e. The number of nitrogens with one attached hydrogen (secondary N) is 2. The molecule has 0 radical (unpaired) electrons. The molecule has 32 heavy (non-hydrogen) atoms. The lowest BCUT2D eigenvalue weighted by Crippen LogP contribution is -2.20. The van der Waals surface area contributed by atoms with Gasteiger partial charge >= 0.3 is 12.4 Å². The van der Waals surface area contributed by atoms with E-state index >= 15 is 0 Å². The second kappa shape index (κ2) is 8.35. The maximum atomic E-state index is 13.4. The highest BCUT2D eigenvalue weighted by Gasteiger charge is 2.30. The van der Waals surface area contributed by atoms with Gasteiger partial charge in [0.05, 0.1) is 16.9 Å². The average molecular weight is 466 g/mol. The predicted octanol–water partition coefficient (Wildman–Crippen LogP) is 5.73. The van der Waals surface area contributed by atoms with Crippen LogP contribution in [0.2, 0.25) is 5.02 Å². The van der Waals surface area contributed by atoms with E-state index in [-0.39, 0.29) is 10.7 Å². The first-order valence-corrected chi connectivity index (χ1v) is 9.30. The van der Waals surface area contributed by atoms with Gasteiger partial charge in [-0.1, -0.05) is 11.6 Å². The third-order valence-electron chi connectivity index (χ3n) is 4.11. The zero-order valence-corrected chi connectivity index (χ0v) is 16.6. The Morgan fingerprint density at radius 3 is 2.38 bits per heavy atom. The lowest BCUT2D eigenvalue weighted by atomic mass is 10.2. The molecule has 0 saturated heterocycles. The van der Waals surface area contributed by atoms with Gasteiger partial charge in [-0.05, 0) is 54.6 Å². The molecule has 0 fully saturated rings. The minimum absolute atomic E-state index is 0.0571. The Morgan fingerprint density at radius 2 is 1.69 bits per heavy atom. The van der Waals surface area contributed by atoms with Crippen molar-refractivity contribution in [2.24, 2.45) is 0 Å². The third kappa shape index (κ3) is 5.06. The number of alkyl halides is 3. The normalized spacial score (nSPS) is 11.4. The van der Waals surface area contributed by atoms with E-state index in [1.165, 1.54) is 41.0 Å². The van der Waals surface area contributed by atoms with Crippen molar-refractivity contribution in [2.75, 3.05) is 10.6 Å². The molecule has 0 saturated carbocycles. The number of ether oxygens (including phenoxy) is 1. The number of halogens is 5. The van der Waals surface area contributed by atoms with Crippen molar-refractivity contribution in [1.29, 1.82) is 0 Å². The fourth-order valence-corrected chi connectivity index (χ4v) is 2.93. The molecule has 12 heteroatoms. The smallest absolute Gasteiger partial charge is 0.406 e. The highest BCUT2D eigenvalue weighted by Crippen LogP contribution is 2.25. The number of nitrogens with zero attached hydrogens (tertiary/aromatic N) is 3. The van der Waals surface area contributed by atoms with Gasteiger partial charge in [0.1, 0.15) is 11.6 Å². The molecule has 2 N–H and O–H groups in total. The lowest BCUT2D eigenvalue weighted by Gasteiger charge is -2.10. The number of urea groups is 1. The van der Waals surface area contributed by atoms with Crippen LogP contribution in [0.15, 0.2) is 60.8 Å². The molecule has 0 spiro atoms. The molecule has 4 rings (SSSR count). The lowest BCUT2D eigenvalue weighted by molar-refractivity contribution is -0.274. The van der Waals surface area contributed by atoms with Crippen molar-refractivity contribution >= 4 is 34.7 Å². The number of hydrogen-bond acceptors (Lipinski definition) is 4. The van der Waals surface area contributed by atoms with Crippen LogP contribution in [-0.2, 0) is 0 Å². The summed E-state index contributed by atoms with van der Waals surface area (Å²) in [7, 11) is 0. The standard InChI is InChI=1S/C20H12ClF4N5O2/c21-15-9-11(1-7-16(15)22)18-28-17-8-4-13(10-30(17)29-18)27-19(31)26-12-2-5-14(6-3-12)32-20(23,24)25/h1-10H,(H2,26,27,31). The Labute approximate surface area is 182 Å². The molecule has 4 aromatic rings. The molecule has 0 aliphatic rings. The molecule has 2 aromatic carbocycles. The second-order valence-electron chi connectivity index (χ2n) is 6.44. The maximum Gasteiger partial charge on any atom is 0.573 e. The average Bonchev–Trinajstić information content (AvgIpc) is 3.14. The molecule has 164 valence electrons. The topological polar surface area (TPSA) is 80.5 Å². The van der Waals surface area contributed by atoms with Crippen LogP contribution < -0.4 is 15.4 Å². The molecular formula is C20H12ClF4N5O2. The predicted molar refractivity (Wildman–Crippen MR) is 109 cm³/mol. The van der Waals surface area contributed by atoms with Crippen LogP contribution in [0, 0.1) is 5.82 Å². The fourth-order valence-electron chi connectivity index (χ4n) is 2.75.